The van der Waals surface area contributed by atoms with Gasteiger partial charge in [0, 0.05) is 23.2 Å². The van der Waals surface area contributed by atoms with Crippen LogP contribution < -0.4 is 10.6 Å². The number of hydrogen-bond donors (Lipinski definition) is 3. The molecule has 1 aromatic carbocycles. The molecule has 8 nitrogen and oxygen atoms in total. The van der Waals surface area contributed by atoms with E-state index < -0.39 is 15.5 Å². The molecule has 3 atom stereocenters. The van der Waals surface area contributed by atoms with Crippen LogP contribution in [0.2, 0.25) is 0 Å². The normalized spacial score (nSPS) is 24.4. The molecule has 2 unspecified atom stereocenters. The van der Waals surface area contributed by atoms with Crippen molar-refractivity contribution in [2.75, 3.05) is 5.32 Å². The van der Waals surface area contributed by atoms with E-state index in [0.717, 1.165) is 50.5 Å². The maximum Gasteiger partial charge on any atom is 0.407 e. The molecule has 3 saturated carbocycles. The lowest BCUT2D eigenvalue weighted by molar-refractivity contribution is 0.0967. The molecule has 3 aliphatic rings. The van der Waals surface area contributed by atoms with Crippen molar-refractivity contribution in [3.05, 3.63) is 42.0 Å². The largest absolute Gasteiger partial charge is 0.446 e. The molecule has 5 rings (SSSR count). The first kappa shape index (κ1) is 24.7. The number of anilines is 2. The van der Waals surface area contributed by atoms with Gasteiger partial charge in [-0.3, -0.25) is 0 Å². The van der Waals surface area contributed by atoms with Crippen LogP contribution in [0.25, 0.3) is 0 Å². The smallest absolute Gasteiger partial charge is 0.407 e. The minimum atomic E-state index is -2.95. The summed E-state index contributed by atoms with van der Waals surface area (Å²) >= 11 is 0. The lowest BCUT2D eigenvalue weighted by Crippen LogP contribution is -2.36. The van der Waals surface area contributed by atoms with E-state index in [0.29, 0.717) is 0 Å². The molecule has 11 heteroatoms. The standard InChI is InChI=1S/C23H28FN5O3S.ClH/c1-23(8-9-23)29-22(30)32-16-3-2-14(10-16)15-12-26-21(27-13-15)28-20-7-6-18(11-19(20)24)33(25,31)17-4-5-17;/h6-7,11-14,16-17,25H,2-5,8-10H2,1H3,(H,29,30)(H,26,27,28);1H/t14?,16?,33-;/m0./s1. The van der Waals surface area contributed by atoms with Gasteiger partial charge in [-0.2, -0.15) is 0 Å². The highest BCUT2D eigenvalue weighted by Crippen LogP contribution is 2.38. The van der Waals surface area contributed by atoms with Crippen LogP contribution in [0.15, 0.2) is 35.5 Å². The molecule has 34 heavy (non-hydrogen) atoms. The zero-order valence-electron chi connectivity index (χ0n) is 18.9. The van der Waals surface area contributed by atoms with E-state index >= 15 is 0 Å². The summed E-state index contributed by atoms with van der Waals surface area (Å²) < 4.78 is 40.7. The van der Waals surface area contributed by atoms with E-state index in [4.69, 9.17) is 9.52 Å². The van der Waals surface area contributed by atoms with Crippen LogP contribution in [0.1, 0.15) is 63.4 Å². The number of aromatic nitrogens is 2. The Labute approximate surface area is 204 Å². The topological polar surface area (TPSA) is 117 Å². The van der Waals surface area contributed by atoms with Gasteiger partial charge in [-0.05, 0) is 81.5 Å². The van der Waals surface area contributed by atoms with Crippen molar-refractivity contribution in [2.24, 2.45) is 0 Å². The van der Waals surface area contributed by atoms with Crippen molar-refractivity contribution in [1.29, 1.82) is 4.78 Å². The molecular weight excluding hydrogens is 481 g/mol. The number of carbonyl (C=O) groups is 1. The molecule has 0 radical (unpaired) electrons. The molecule has 1 amide bonds. The molecule has 2 aromatic rings. The second-order valence-corrected chi connectivity index (χ2v) is 12.0. The van der Waals surface area contributed by atoms with Gasteiger partial charge in [-0.15, -0.1) is 12.4 Å². The van der Waals surface area contributed by atoms with E-state index in [1.807, 2.05) is 6.92 Å². The number of nitrogens with zero attached hydrogens (tertiary/aromatic N) is 2. The van der Waals surface area contributed by atoms with E-state index in [2.05, 4.69) is 20.6 Å². The molecular formula is C23H29ClFN5O3S. The van der Waals surface area contributed by atoms with E-state index in [1.165, 1.54) is 18.2 Å². The fourth-order valence-corrected chi connectivity index (χ4v) is 5.94. The van der Waals surface area contributed by atoms with Gasteiger partial charge in [0.25, 0.3) is 0 Å². The Hall–Kier alpha value is -2.46. The molecule has 0 spiro atoms. The lowest BCUT2D eigenvalue weighted by Gasteiger charge is -2.16. The minimum Gasteiger partial charge on any atom is -0.446 e. The van der Waals surface area contributed by atoms with Gasteiger partial charge in [0.05, 0.1) is 20.3 Å². The third-order valence-corrected chi connectivity index (χ3v) is 9.10. The number of alkyl carbamates (subject to hydrolysis) is 1. The Morgan fingerprint density at radius 1 is 1.21 bits per heavy atom. The molecule has 3 N–H and O–H groups in total. The highest BCUT2D eigenvalue weighted by atomic mass is 35.5. The van der Waals surface area contributed by atoms with Crippen molar-refractivity contribution in [3.63, 3.8) is 0 Å². The van der Waals surface area contributed by atoms with Crippen LogP contribution in [-0.4, -0.2) is 37.2 Å². The molecule has 0 aliphatic heterocycles. The summed E-state index contributed by atoms with van der Waals surface area (Å²) in [5, 5.41) is 5.60. The van der Waals surface area contributed by atoms with Gasteiger partial charge in [0.15, 0.2) is 0 Å². The van der Waals surface area contributed by atoms with Crippen molar-refractivity contribution < 1.29 is 18.1 Å². The zero-order valence-corrected chi connectivity index (χ0v) is 20.5. The number of benzene rings is 1. The van der Waals surface area contributed by atoms with Gasteiger partial charge in [0.2, 0.25) is 5.95 Å². The predicted octanol–water partition coefficient (Wildman–Crippen LogP) is 5.26. The summed E-state index contributed by atoms with van der Waals surface area (Å²) in [6.45, 7) is 2.01. The number of halogens is 2. The van der Waals surface area contributed by atoms with Crippen LogP contribution in [0.5, 0.6) is 0 Å². The second-order valence-electron chi connectivity index (χ2n) is 9.63. The summed E-state index contributed by atoms with van der Waals surface area (Å²) in [5.41, 5.74) is 1.03. The van der Waals surface area contributed by atoms with Crippen molar-refractivity contribution >= 4 is 39.9 Å². The number of carbonyl (C=O) groups excluding carboxylic acids is 1. The highest BCUT2D eigenvalue weighted by Gasteiger charge is 2.40. The predicted molar refractivity (Wildman–Crippen MR) is 129 cm³/mol. The van der Waals surface area contributed by atoms with E-state index in [1.54, 1.807) is 12.4 Å². The second kappa shape index (κ2) is 9.30. The molecule has 1 aromatic heterocycles. The van der Waals surface area contributed by atoms with Gasteiger partial charge in [-0.25, -0.2) is 28.1 Å². The molecule has 0 bridgehead atoms. The van der Waals surface area contributed by atoms with Gasteiger partial charge in [-0.1, -0.05) is 0 Å². The van der Waals surface area contributed by atoms with Crippen LogP contribution in [0, 0.1) is 10.6 Å². The molecule has 184 valence electrons. The van der Waals surface area contributed by atoms with E-state index in [9.17, 15) is 13.4 Å². The van der Waals surface area contributed by atoms with E-state index in [-0.39, 0.29) is 57.8 Å². The van der Waals surface area contributed by atoms with Crippen LogP contribution >= 0.6 is 12.4 Å². The summed E-state index contributed by atoms with van der Waals surface area (Å²) in [6, 6.07) is 4.18. The Morgan fingerprint density at radius 2 is 1.91 bits per heavy atom. The lowest BCUT2D eigenvalue weighted by atomic mass is 10.0. The Bertz CT molecular complexity index is 1170. The van der Waals surface area contributed by atoms with Crippen molar-refractivity contribution in [2.45, 2.75) is 79.6 Å². The number of amides is 1. The van der Waals surface area contributed by atoms with Gasteiger partial charge < -0.3 is 15.4 Å². The first-order valence-corrected chi connectivity index (χ1v) is 13.0. The first-order valence-electron chi connectivity index (χ1n) is 11.4. The Morgan fingerprint density at radius 3 is 2.53 bits per heavy atom. The number of ether oxygens (including phenoxy) is 1. The Kier molecular flexibility index (Phi) is 6.74. The van der Waals surface area contributed by atoms with Gasteiger partial charge >= 0.3 is 6.09 Å². The van der Waals surface area contributed by atoms with Crippen molar-refractivity contribution in [3.8, 4) is 0 Å². The minimum absolute atomic E-state index is 0. The average Bonchev–Trinajstić information content (AvgIpc) is 3.70. The number of nitrogens with one attached hydrogen (secondary N) is 3. The maximum atomic E-state index is 14.6. The van der Waals surface area contributed by atoms with Crippen LogP contribution in [0.4, 0.5) is 20.8 Å². The summed E-state index contributed by atoms with van der Waals surface area (Å²) in [4.78, 5) is 20.9. The number of hydrogen-bond acceptors (Lipinski definition) is 7. The fraction of sp³-hybridized carbons (Fsp3) is 0.522. The summed E-state index contributed by atoms with van der Waals surface area (Å²) in [5.74, 6) is -0.131. The van der Waals surface area contributed by atoms with Crippen molar-refractivity contribution in [1.82, 2.24) is 15.3 Å². The third-order valence-electron chi connectivity index (χ3n) is 6.74. The highest BCUT2D eigenvalue weighted by molar-refractivity contribution is 7.93. The third kappa shape index (κ3) is 5.43. The molecule has 3 fully saturated rings. The maximum absolute atomic E-state index is 14.6. The SMILES string of the molecule is CC1(NC(=O)OC2CCC(c3cnc(Nc4ccc([S@@](=N)(=O)C5CC5)cc4F)nc3)C2)CC1.Cl. The van der Waals surface area contributed by atoms with Crippen LogP contribution in [-0.2, 0) is 14.5 Å². The molecule has 1 heterocycles. The summed E-state index contributed by atoms with van der Waals surface area (Å²) in [7, 11) is -2.95. The quantitative estimate of drug-likeness (QED) is 0.468. The summed E-state index contributed by atoms with van der Waals surface area (Å²) in [6.07, 6.45) is 8.86. The zero-order chi connectivity index (χ0) is 23.2. The average molecular weight is 510 g/mol. The molecule has 0 saturated heterocycles. The Balaban J connectivity index is 0.00000274. The first-order chi connectivity index (χ1) is 15.7. The fourth-order valence-electron chi connectivity index (χ4n) is 4.20. The molecule has 3 aliphatic carbocycles. The monoisotopic (exact) mass is 509 g/mol. The van der Waals surface area contributed by atoms with Crippen LogP contribution in [0.3, 0.4) is 0 Å². The number of rotatable bonds is 7. The van der Waals surface area contributed by atoms with Gasteiger partial charge in [0.1, 0.15) is 11.9 Å².